The molecule has 1 rings (SSSR count). The molecule has 0 bridgehead atoms. The van der Waals surface area contributed by atoms with Crippen LogP contribution >= 0.6 is 0 Å². The first-order chi connectivity index (χ1) is 8.11. The Hall–Kier alpha value is -0.770. The van der Waals surface area contributed by atoms with E-state index in [4.69, 9.17) is 4.74 Å². The summed E-state index contributed by atoms with van der Waals surface area (Å²) in [4.78, 5) is 14.2. The van der Waals surface area contributed by atoms with E-state index < -0.39 is 5.60 Å². The Morgan fingerprint density at radius 2 is 1.83 bits per heavy atom. The molecule has 0 saturated carbocycles. The summed E-state index contributed by atoms with van der Waals surface area (Å²) in [6.45, 7) is 14.8. The summed E-state index contributed by atoms with van der Waals surface area (Å²) in [6, 6.07) is 0.176. The van der Waals surface area contributed by atoms with Gasteiger partial charge in [0.25, 0.3) is 0 Å². The number of amides is 1. The second-order valence-electron chi connectivity index (χ2n) is 7.11. The van der Waals surface area contributed by atoms with Crippen LogP contribution in [0.1, 0.15) is 48.0 Å². The first-order valence-electron chi connectivity index (χ1n) is 6.81. The van der Waals surface area contributed by atoms with Gasteiger partial charge in [-0.05, 0) is 39.2 Å². The molecule has 1 heterocycles. The smallest absolute Gasteiger partial charge is 0.410 e. The molecular formula is C14H28N2O2. The molecule has 0 radical (unpaired) electrons. The van der Waals surface area contributed by atoms with E-state index in [1.165, 1.54) is 0 Å². The largest absolute Gasteiger partial charge is 0.444 e. The third-order valence-electron chi connectivity index (χ3n) is 3.09. The van der Waals surface area contributed by atoms with E-state index in [1.807, 2.05) is 25.7 Å². The summed E-state index contributed by atoms with van der Waals surface area (Å²) in [7, 11) is 0. The predicted molar refractivity (Wildman–Crippen MR) is 73.7 cm³/mol. The molecule has 1 aliphatic heterocycles. The average Bonchev–Trinajstić information content (AvgIpc) is 2.37. The zero-order chi connectivity index (χ0) is 14.0. The lowest BCUT2D eigenvalue weighted by Crippen LogP contribution is -2.51. The number of rotatable bonds is 0. The fraction of sp³-hybridized carbons (Fsp3) is 0.929. The molecule has 4 heteroatoms. The Morgan fingerprint density at radius 1 is 1.22 bits per heavy atom. The molecule has 1 atom stereocenters. The average molecular weight is 256 g/mol. The quantitative estimate of drug-likeness (QED) is 0.724. The lowest BCUT2D eigenvalue weighted by molar-refractivity contribution is 0.00493. The number of hydrogen-bond donors (Lipinski definition) is 1. The zero-order valence-corrected chi connectivity index (χ0v) is 12.7. The van der Waals surface area contributed by atoms with Crippen LogP contribution in [0.4, 0.5) is 4.79 Å². The Kier molecular flexibility index (Phi) is 4.65. The van der Waals surface area contributed by atoms with E-state index in [0.29, 0.717) is 0 Å². The van der Waals surface area contributed by atoms with Crippen LogP contribution in [0.2, 0.25) is 0 Å². The second-order valence-corrected chi connectivity index (χ2v) is 7.11. The van der Waals surface area contributed by atoms with Gasteiger partial charge in [-0.25, -0.2) is 4.79 Å². The van der Waals surface area contributed by atoms with Crippen LogP contribution in [-0.2, 0) is 4.74 Å². The van der Waals surface area contributed by atoms with Crippen LogP contribution in [0.25, 0.3) is 0 Å². The van der Waals surface area contributed by atoms with E-state index in [0.717, 1.165) is 26.1 Å². The van der Waals surface area contributed by atoms with Crippen LogP contribution in [0.5, 0.6) is 0 Å². The summed E-state index contributed by atoms with van der Waals surface area (Å²) in [5.74, 6) is 0. The second kappa shape index (κ2) is 5.47. The number of nitrogens with zero attached hydrogens (tertiary/aromatic N) is 1. The fourth-order valence-corrected chi connectivity index (χ4v) is 2.19. The minimum atomic E-state index is -0.431. The summed E-state index contributed by atoms with van der Waals surface area (Å²) in [6.07, 6.45) is 0.789. The molecule has 1 amide bonds. The van der Waals surface area contributed by atoms with Crippen LogP contribution < -0.4 is 5.32 Å². The van der Waals surface area contributed by atoms with E-state index in [9.17, 15) is 4.79 Å². The minimum Gasteiger partial charge on any atom is -0.444 e. The van der Waals surface area contributed by atoms with Crippen LogP contribution in [-0.4, -0.2) is 42.3 Å². The highest BCUT2D eigenvalue weighted by molar-refractivity contribution is 5.68. The Labute approximate surface area is 111 Å². The summed E-state index contributed by atoms with van der Waals surface area (Å²) in [5.41, 5.74) is -0.381. The highest BCUT2D eigenvalue weighted by Crippen LogP contribution is 2.26. The number of carbonyl (C=O) groups excluding carboxylic acids is 1. The van der Waals surface area contributed by atoms with Crippen molar-refractivity contribution >= 4 is 6.09 Å². The van der Waals surface area contributed by atoms with Gasteiger partial charge in [-0.2, -0.15) is 0 Å². The maximum absolute atomic E-state index is 12.3. The molecule has 106 valence electrons. The van der Waals surface area contributed by atoms with Gasteiger partial charge in [-0.15, -0.1) is 0 Å². The third-order valence-corrected chi connectivity index (χ3v) is 3.09. The Balaban J connectivity index is 2.83. The first kappa shape index (κ1) is 15.3. The fourth-order valence-electron chi connectivity index (χ4n) is 2.19. The maximum atomic E-state index is 12.3. The lowest BCUT2D eigenvalue weighted by Gasteiger charge is -2.39. The number of carbonyl (C=O) groups is 1. The lowest BCUT2D eigenvalue weighted by atomic mass is 9.86. The van der Waals surface area contributed by atoms with Gasteiger partial charge in [0.05, 0.1) is 6.04 Å². The van der Waals surface area contributed by atoms with Crippen molar-refractivity contribution in [2.75, 3.05) is 19.6 Å². The van der Waals surface area contributed by atoms with Crippen molar-refractivity contribution in [1.82, 2.24) is 10.2 Å². The molecule has 0 aromatic carbocycles. The zero-order valence-electron chi connectivity index (χ0n) is 12.7. The van der Waals surface area contributed by atoms with Crippen molar-refractivity contribution in [1.29, 1.82) is 0 Å². The number of ether oxygens (including phenoxy) is 1. The van der Waals surface area contributed by atoms with E-state index >= 15 is 0 Å². The molecule has 0 spiro atoms. The molecule has 0 aliphatic carbocycles. The van der Waals surface area contributed by atoms with Gasteiger partial charge in [-0.3, -0.25) is 0 Å². The van der Waals surface area contributed by atoms with Crippen molar-refractivity contribution in [3.05, 3.63) is 0 Å². The van der Waals surface area contributed by atoms with Crippen molar-refractivity contribution in [3.63, 3.8) is 0 Å². The normalized spacial score (nSPS) is 22.6. The van der Waals surface area contributed by atoms with E-state index in [2.05, 4.69) is 26.1 Å². The van der Waals surface area contributed by atoms with Gasteiger partial charge in [0, 0.05) is 13.1 Å². The summed E-state index contributed by atoms with van der Waals surface area (Å²) < 4.78 is 5.52. The van der Waals surface area contributed by atoms with Crippen molar-refractivity contribution in [2.45, 2.75) is 59.6 Å². The van der Waals surface area contributed by atoms with Crippen molar-refractivity contribution < 1.29 is 9.53 Å². The molecule has 1 fully saturated rings. The first-order valence-corrected chi connectivity index (χ1v) is 6.81. The highest BCUT2D eigenvalue weighted by Gasteiger charge is 2.36. The van der Waals surface area contributed by atoms with Crippen molar-refractivity contribution in [2.24, 2.45) is 5.41 Å². The predicted octanol–water partition coefficient (Wildman–Crippen LogP) is 2.63. The molecular weight excluding hydrogens is 228 g/mol. The number of nitrogens with one attached hydrogen (secondary N) is 1. The summed E-state index contributed by atoms with van der Waals surface area (Å²) >= 11 is 0. The molecule has 1 unspecified atom stereocenters. The topological polar surface area (TPSA) is 41.6 Å². The standard InChI is InChI=1S/C14H28N2O2/c1-13(2,3)11-10-15-8-7-9-16(11)12(17)18-14(4,5)6/h11,15H,7-10H2,1-6H3. The highest BCUT2D eigenvalue weighted by atomic mass is 16.6. The van der Waals surface area contributed by atoms with Gasteiger partial charge in [0.2, 0.25) is 0 Å². The molecule has 1 N–H and O–H groups in total. The Morgan fingerprint density at radius 3 is 2.33 bits per heavy atom. The van der Waals surface area contributed by atoms with Gasteiger partial charge in [0.15, 0.2) is 0 Å². The third kappa shape index (κ3) is 4.48. The van der Waals surface area contributed by atoms with Gasteiger partial charge >= 0.3 is 6.09 Å². The molecule has 0 aromatic rings. The van der Waals surface area contributed by atoms with E-state index in [-0.39, 0.29) is 17.6 Å². The van der Waals surface area contributed by atoms with Crippen LogP contribution in [0.15, 0.2) is 0 Å². The van der Waals surface area contributed by atoms with Crippen molar-refractivity contribution in [3.8, 4) is 0 Å². The van der Waals surface area contributed by atoms with Gasteiger partial charge in [-0.1, -0.05) is 20.8 Å². The van der Waals surface area contributed by atoms with Gasteiger partial charge < -0.3 is 15.0 Å². The Bertz CT molecular complexity index is 289. The molecule has 0 aromatic heterocycles. The van der Waals surface area contributed by atoms with E-state index in [1.54, 1.807) is 0 Å². The number of hydrogen-bond acceptors (Lipinski definition) is 3. The monoisotopic (exact) mass is 256 g/mol. The molecule has 1 saturated heterocycles. The molecule has 4 nitrogen and oxygen atoms in total. The molecule has 18 heavy (non-hydrogen) atoms. The summed E-state index contributed by atoms with van der Waals surface area (Å²) in [5, 5.41) is 3.40. The van der Waals surface area contributed by atoms with Crippen LogP contribution in [0.3, 0.4) is 0 Å². The SMILES string of the molecule is CC(C)(C)OC(=O)N1CCCNCC1C(C)(C)C. The van der Waals surface area contributed by atoms with Gasteiger partial charge in [0.1, 0.15) is 5.60 Å². The van der Waals surface area contributed by atoms with Crippen LogP contribution in [0, 0.1) is 5.41 Å². The maximum Gasteiger partial charge on any atom is 0.410 e. The molecule has 1 aliphatic rings. The minimum absolute atomic E-state index is 0.0498.